The fourth-order valence-corrected chi connectivity index (χ4v) is 1.52. The molecule has 6 heteroatoms. The van der Waals surface area contributed by atoms with E-state index in [1.807, 2.05) is 11.9 Å². The summed E-state index contributed by atoms with van der Waals surface area (Å²) in [7, 11) is 1.83. The van der Waals surface area contributed by atoms with Gasteiger partial charge < -0.3 is 15.1 Å². The minimum absolute atomic E-state index is 0.200. The fraction of sp³-hybridized carbons (Fsp3) is 0.600. The summed E-state index contributed by atoms with van der Waals surface area (Å²) in [5.41, 5.74) is 0.511. The summed E-state index contributed by atoms with van der Waals surface area (Å²) in [6.07, 6.45) is 1.62. The predicted molar refractivity (Wildman–Crippen MR) is 62.5 cm³/mol. The molecular formula is C10H16ClN3O2. The lowest BCUT2D eigenvalue weighted by molar-refractivity contribution is 0.186. The van der Waals surface area contributed by atoms with Crippen LogP contribution < -0.4 is 4.90 Å². The molecule has 0 fully saturated rings. The van der Waals surface area contributed by atoms with E-state index in [2.05, 4.69) is 9.97 Å². The molecule has 1 heterocycles. The van der Waals surface area contributed by atoms with Gasteiger partial charge in [0.1, 0.15) is 17.3 Å². The molecule has 16 heavy (non-hydrogen) atoms. The molecule has 0 aromatic carbocycles. The summed E-state index contributed by atoms with van der Waals surface area (Å²) in [5.74, 6) is 0.600. The molecule has 2 N–H and O–H groups in total. The summed E-state index contributed by atoms with van der Waals surface area (Å²) in [4.78, 5) is 9.72. The van der Waals surface area contributed by atoms with Gasteiger partial charge in [0.25, 0.3) is 0 Å². The Morgan fingerprint density at radius 3 is 2.75 bits per heavy atom. The molecule has 0 amide bonds. The van der Waals surface area contributed by atoms with Crippen LogP contribution in [0, 0.1) is 0 Å². The second kappa shape index (κ2) is 5.98. The number of halogens is 1. The summed E-state index contributed by atoms with van der Waals surface area (Å²) in [6.45, 7) is 2.17. The normalized spacial score (nSPS) is 12.6. The highest BCUT2D eigenvalue weighted by molar-refractivity contribution is 6.30. The van der Waals surface area contributed by atoms with E-state index in [1.165, 1.54) is 6.33 Å². The van der Waals surface area contributed by atoms with Gasteiger partial charge in [-0.05, 0) is 13.3 Å². The molecule has 0 bridgehead atoms. The molecule has 0 saturated carbocycles. The van der Waals surface area contributed by atoms with Crippen molar-refractivity contribution in [3.63, 3.8) is 0 Å². The first-order valence-corrected chi connectivity index (χ1v) is 5.43. The molecule has 90 valence electrons. The third-order valence-electron chi connectivity index (χ3n) is 2.27. The van der Waals surface area contributed by atoms with Crippen molar-refractivity contribution in [1.29, 1.82) is 0 Å². The van der Waals surface area contributed by atoms with Crippen molar-refractivity contribution in [3.8, 4) is 0 Å². The van der Waals surface area contributed by atoms with Crippen LogP contribution in [0.2, 0.25) is 5.15 Å². The van der Waals surface area contributed by atoms with Gasteiger partial charge >= 0.3 is 0 Å². The van der Waals surface area contributed by atoms with Gasteiger partial charge in [-0.2, -0.15) is 0 Å². The highest BCUT2D eigenvalue weighted by atomic mass is 35.5. The number of aliphatic hydroxyl groups excluding tert-OH is 2. The molecule has 0 aliphatic heterocycles. The van der Waals surface area contributed by atoms with E-state index in [4.69, 9.17) is 11.6 Å². The van der Waals surface area contributed by atoms with Gasteiger partial charge in [0.05, 0.1) is 18.3 Å². The number of aromatic nitrogens is 2. The summed E-state index contributed by atoms with van der Waals surface area (Å²) in [5, 5.41) is 18.6. The molecule has 0 radical (unpaired) electrons. The van der Waals surface area contributed by atoms with Crippen LogP contribution in [0.25, 0.3) is 0 Å². The van der Waals surface area contributed by atoms with Crippen molar-refractivity contribution in [3.05, 3.63) is 17.0 Å². The number of hydrogen-bond donors (Lipinski definition) is 2. The van der Waals surface area contributed by atoms with E-state index >= 15 is 0 Å². The Kier molecular flexibility index (Phi) is 4.92. The zero-order valence-corrected chi connectivity index (χ0v) is 10.1. The van der Waals surface area contributed by atoms with Crippen molar-refractivity contribution >= 4 is 17.4 Å². The van der Waals surface area contributed by atoms with E-state index in [0.717, 1.165) is 0 Å². The first-order valence-electron chi connectivity index (χ1n) is 5.05. The first-order chi connectivity index (χ1) is 7.56. The lowest BCUT2D eigenvalue weighted by Gasteiger charge is -2.21. The van der Waals surface area contributed by atoms with Gasteiger partial charge in [-0.15, -0.1) is 0 Å². The highest BCUT2D eigenvalue weighted by Crippen LogP contribution is 2.22. The monoisotopic (exact) mass is 245 g/mol. The molecule has 0 saturated heterocycles. The minimum atomic E-state index is -0.364. The Balaban J connectivity index is 2.82. The van der Waals surface area contributed by atoms with Gasteiger partial charge in [-0.3, -0.25) is 0 Å². The average molecular weight is 246 g/mol. The zero-order chi connectivity index (χ0) is 12.1. The standard InChI is InChI=1S/C10H16ClN3O2/c1-7(16)3-4-14(2)10-8(5-15)9(11)12-6-13-10/h6-7,15-16H,3-5H2,1-2H3. The van der Waals surface area contributed by atoms with Crippen molar-refractivity contribution in [1.82, 2.24) is 9.97 Å². The lowest BCUT2D eigenvalue weighted by atomic mass is 10.2. The Bertz CT molecular complexity index is 347. The van der Waals surface area contributed by atoms with Crippen molar-refractivity contribution < 1.29 is 10.2 Å². The molecule has 1 unspecified atom stereocenters. The fourth-order valence-electron chi connectivity index (χ4n) is 1.33. The van der Waals surface area contributed by atoms with Crippen LogP contribution in [0.4, 0.5) is 5.82 Å². The maximum atomic E-state index is 9.19. The van der Waals surface area contributed by atoms with Crippen LogP contribution in [0.1, 0.15) is 18.9 Å². The van der Waals surface area contributed by atoms with Crippen molar-refractivity contribution in [2.75, 3.05) is 18.5 Å². The van der Waals surface area contributed by atoms with Crippen LogP contribution in [0.5, 0.6) is 0 Å². The largest absolute Gasteiger partial charge is 0.393 e. The van der Waals surface area contributed by atoms with Gasteiger partial charge in [0, 0.05) is 13.6 Å². The Morgan fingerprint density at radius 1 is 1.50 bits per heavy atom. The molecular weight excluding hydrogens is 230 g/mol. The Morgan fingerprint density at radius 2 is 2.19 bits per heavy atom. The summed E-state index contributed by atoms with van der Waals surface area (Å²) >= 11 is 5.85. The van der Waals surface area contributed by atoms with Crippen LogP contribution in [-0.2, 0) is 6.61 Å². The minimum Gasteiger partial charge on any atom is -0.393 e. The second-order valence-electron chi connectivity index (χ2n) is 3.68. The van der Waals surface area contributed by atoms with E-state index < -0.39 is 0 Å². The highest BCUT2D eigenvalue weighted by Gasteiger charge is 2.13. The summed E-state index contributed by atoms with van der Waals surface area (Å²) < 4.78 is 0. The number of rotatable bonds is 5. The Hall–Kier alpha value is -0.910. The number of aliphatic hydroxyl groups is 2. The molecule has 1 atom stereocenters. The van der Waals surface area contributed by atoms with Gasteiger partial charge in [-0.1, -0.05) is 11.6 Å². The van der Waals surface area contributed by atoms with Gasteiger partial charge in [0.2, 0.25) is 0 Å². The van der Waals surface area contributed by atoms with E-state index in [1.54, 1.807) is 6.92 Å². The molecule has 1 rings (SSSR count). The zero-order valence-electron chi connectivity index (χ0n) is 9.39. The average Bonchev–Trinajstić information content (AvgIpc) is 2.25. The van der Waals surface area contributed by atoms with Crippen molar-refractivity contribution in [2.45, 2.75) is 26.1 Å². The first kappa shape index (κ1) is 13.2. The predicted octanol–water partition coefficient (Wildman–Crippen LogP) is 0.829. The third-order valence-corrected chi connectivity index (χ3v) is 2.60. The van der Waals surface area contributed by atoms with Crippen LogP contribution in [0.15, 0.2) is 6.33 Å². The third kappa shape index (κ3) is 3.30. The maximum Gasteiger partial charge on any atom is 0.140 e. The molecule has 1 aromatic rings. The van der Waals surface area contributed by atoms with Crippen LogP contribution in [-0.4, -0.2) is 39.9 Å². The molecule has 0 spiro atoms. The van der Waals surface area contributed by atoms with E-state index in [-0.39, 0.29) is 17.9 Å². The smallest absolute Gasteiger partial charge is 0.140 e. The van der Waals surface area contributed by atoms with Crippen LogP contribution >= 0.6 is 11.6 Å². The molecule has 0 aliphatic carbocycles. The number of nitrogens with zero attached hydrogens (tertiary/aromatic N) is 3. The van der Waals surface area contributed by atoms with Crippen LogP contribution in [0.3, 0.4) is 0 Å². The topological polar surface area (TPSA) is 69.5 Å². The summed E-state index contributed by atoms with van der Waals surface area (Å²) in [6, 6.07) is 0. The van der Waals surface area contributed by atoms with Gasteiger partial charge in [-0.25, -0.2) is 9.97 Å². The van der Waals surface area contributed by atoms with Gasteiger partial charge in [0.15, 0.2) is 0 Å². The van der Waals surface area contributed by atoms with E-state index in [0.29, 0.717) is 24.3 Å². The number of anilines is 1. The SMILES string of the molecule is CC(O)CCN(C)c1ncnc(Cl)c1CO. The second-order valence-corrected chi connectivity index (χ2v) is 4.04. The Labute approximate surface area is 99.7 Å². The molecule has 0 aliphatic rings. The van der Waals surface area contributed by atoms with Crippen molar-refractivity contribution in [2.24, 2.45) is 0 Å². The lowest BCUT2D eigenvalue weighted by Crippen LogP contribution is -2.24. The van der Waals surface area contributed by atoms with E-state index in [9.17, 15) is 10.2 Å². The maximum absolute atomic E-state index is 9.19. The molecule has 5 nitrogen and oxygen atoms in total. The quantitative estimate of drug-likeness (QED) is 0.752. The molecule has 1 aromatic heterocycles. The number of hydrogen-bond acceptors (Lipinski definition) is 5.